The van der Waals surface area contributed by atoms with E-state index in [-0.39, 0.29) is 11.4 Å². The smallest absolute Gasteiger partial charge is 0.269 e. The first-order chi connectivity index (χ1) is 15.6. The van der Waals surface area contributed by atoms with Crippen LogP contribution >= 0.6 is 0 Å². The van der Waals surface area contributed by atoms with Crippen LogP contribution in [0.4, 0.5) is 4.39 Å². The molecule has 0 aliphatic carbocycles. The number of benzene rings is 2. The number of hydrogen-bond donors (Lipinski definition) is 2. The highest BCUT2D eigenvalue weighted by Gasteiger charge is 2.23. The summed E-state index contributed by atoms with van der Waals surface area (Å²) in [5.74, 6) is 0.476. The van der Waals surface area contributed by atoms with Gasteiger partial charge < -0.3 is 10.6 Å². The first kappa shape index (κ1) is 21.2. The van der Waals surface area contributed by atoms with Gasteiger partial charge in [0.1, 0.15) is 22.7 Å². The van der Waals surface area contributed by atoms with E-state index in [1.165, 1.54) is 10.6 Å². The molecule has 4 rings (SSSR count). The summed E-state index contributed by atoms with van der Waals surface area (Å²) in [5, 5.41) is 6.34. The molecule has 1 aliphatic heterocycles. The Morgan fingerprint density at radius 3 is 2.75 bits per heavy atom. The minimum absolute atomic E-state index is 0.0396. The highest BCUT2D eigenvalue weighted by Crippen LogP contribution is 2.23. The Morgan fingerprint density at radius 2 is 2.06 bits per heavy atom. The van der Waals surface area contributed by atoms with Crippen molar-refractivity contribution in [2.24, 2.45) is 9.98 Å². The quantitative estimate of drug-likeness (QED) is 0.626. The van der Waals surface area contributed by atoms with Crippen LogP contribution in [0.2, 0.25) is 0 Å². The molecule has 8 heteroatoms. The van der Waals surface area contributed by atoms with Crippen LogP contribution < -0.4 is 16.2 Å². The average molecular weight is 430 g/mol. The van der Waals surface area contributed by atoms with Gasteiger partial charge in [0.2, 0.25) is 0 Å². The number of rotatable bonds is 6. The van der Waals surface area contributed by atoms with Crippen molar-refractivity contribution in [3.8, 4) is 5.69 Å². The lowest BCUT2D eigenvalue weighted by Gasteiger charge is -2.23. The van der Waals surface area contributed by atoms with Crippen LogP contribution in [0.25, 0.3) is 16.6 Å². The molecule has 7 nitrogen and oxygen atoms in total. The van der Waals surface area contributed by atoms with Crippen molar-refractivity contribution in [2.45, 2.75) is 19.4 Å². The lowest BCUT2D eigenvalue weighted by Crippen LogP contribution is -2.32. The molecular formula is C24H23FN6O. The molecule has 1 aliphatic rings. The Kier molecular flexibility index (Phi) is 5.93. The highest BCUT2D eigenvalue weighted by molar-refractivity contribution is 6.09. The van der Waals surface area contributed by atoms with E-state index in [1.54, 1.807) is 43.7 Å². The third-order valence-electron chi connectivity index (χ3n) is 5.24. The Bertz CT molecular complexity index is 1320. The third-order valence-corrected chi connectivity index (χ3v) is 5.24. The zero-order chi connectivity index (χ0) is 22.7. The van der Waals surface area contributed by atoms with Gasteiger partial charge in [0.05, 0.1) is 29.3 Å². The molecule has 2 aromatic carbocycles. The van der Waals surface area contributed by atoms with E-state index in [4.69, 9.17) is 4.98 Å². The standard InChI is InChI=1S/C24H23FN6O/c1-4-17(21-22(26-3)28-14-27-21)29-18(5-2)23-30-19-13-9-12-16(25)20(19)24(32)31(23)15-10-7-6-8-11-15/h4,6-14,18,29H,1,5H2,2-3H3,(H,26,27,28)/b21-17-/t18-/m0/s1. The van der Waals surface area contributed by atoms with Gasteiger partial charge in [-0.2, -0.15) is 0 Å². The number of para-hydroxylation sites is 1. The summed E-state index contributed by atoms with van der Waals surface area (Å²) in [6, 6.07) is 13.2. The zero-order valence-electron chi connectivity index (χ0n) is 17.8. The second kappa shape index (κ2) is 8.97. The molecule has 0 saturated carbocycles. The van der Waals surface area contributed by atoms with E-state index in [1.807, 2.05) is 25.1 Å². The molecule has 162 valence electrons. The van der Waals surface area contributed by atoms with Gasteiger partial charge in [-0.15, -0.1) is 0 Å². The van der Waals surface area contributed by atoms with Gasteiger partial charge in [-0.1, -0.05) is 37.8 Å². The number of aliphatic imine (C=N–C) groups is 2. The van der Waals surface area contributed by atoms with Gasteiger partial charge in [-0.3, -0.25) is 14.4 Å². The van der Waals surface area contributed by atoms with E-state index >= 15 is 0 Å². The summed E-state index contributed by atoms with van der Waals surface area (Å²) in [5.41, 5.74) is 1.71. The van der Waals surface area contributed by atoms with Gasteiger partial charge in [0.25, 0.3) is 5.56 Å². The third kappa shape index (κ3) is 3.71. The lowest BCUT2D eigenvalue weighted by atomic mass is 10.1. The summed E-state index contributed by atoms with van der Waals surface area (Å²) in [6.45, 7) is 5.88. The van der Waals surface area contributed by atoms with Crippen molar-refractivity contribution in [3.05, 3.63) is 94.6 Å². The number of amidine groups is 1. The minimum atomic E-state index is -0.596. The molecule has 2 N–H and O–H groups in total. The van der Waals surface area contributed by atoms with Crippen LogP contribution in [0.5, 0.6) is 0 Å². The van der Waals surface area contributed by atoms with Gasteiger partial charge >= 0.3 is 0 Å². The Hall–Kier alpha value is -4.07. The van der Waals surface area contributed by atoms with Crippen LogP contribution in [0, 0.1) is 5.82 Å². The molecule has 3 aromatic rings. The highest BCUT2D eigenvalue weighted by atomic mass is 19.1. The van der Waals surface area contributed by atoms with E-state index in [9.17, 15) is 9.18 Å². The molecule has 1 atom stereocenters. The summed E-state index contributed by atoms with van der Waals surface area (Å²) in [6.07, 6.45) is 3.81. The molecule has 0 fully saturated rings. The lowest BCUT2D eigenvalue weighted by molar-refractivity contribution is 0.535. The van der Waals surface area contributed by atoms with Crippen LogP contribution in [0.15, 0.2) is 87.4 Å². The Labute approximate surface area is 184 Å². The van der Waals surface area contributed by atoms with E-state index in [2.05, 4.69) is 27.2 Å². The van der Waals surface area contributed by atoms with Crippen LogP contribution in [-0.2, 0) is 0 Å². The fourth-order valence-corrected chi connectivity index (χ4v) is 3.68. The normalized spacial score (nSPS) is 16.8. The monoisotopic (exact) mass is 430 g/mol. The van der Waals surface area contributed by atoms with Gasteiger partial charge in [0, 0.05) is 7.05 Å². The van der Waals surface area contributed by atoms with Crippen LogP contribution in [-0.4, -0.2) is 28.8 Å². The first-order valence-electron chi connectivity index (χ1n) is 10.2. The van der Waals surface area contributed by atoms with Crippen molar-refractivity contribution < 1.29 is 4.39 Å². The second-order valence-electron chi connectivity index (χ2n) is 7.13. The summed E-state index contributed by atoms with van der Waals surface area (Å²) < 4.78 is 16.0. The van der Waals surface area contributed by atoms with Crippen molar-refractivity contribution in [1.82, 2.24) is 20.2 Å². The number of allylic oxidation sites excluding steroid dienone is 1. The maximum Gasteiger partial charge on any atom is 0.269 e. The Morgan fingerprint density at radius 1 is 1.28 bits per heavy atom. The summed E-state index contributed by atoms with van der Waals surface area (Å²) >= 11 is 0. The number of aromatic nitrogens is 2. The van der Waals surface area contributed by atoms with E-state index in [0.29, 0.717) is 40.7 Å². The molecule has 0 spiro atoms. The van der Waals surface area contributed by atoms with Crippen LogP contribution in [0.1, 0.15) is 25.2 Å². The van der Waals surface area contributed by atoms with Crippen LogP contribution in [0.3, 0.4) is 0 Å². The molecule has 32 heavy (non-hydrogen) atoms. The molecule has 0 saturated heterocycles. The minimum Gasteiger partial charge on any atom is -0.373 e. The topological polar surface area (TPSA) is 83.7 Å². The fraction of sp³-hybridized carbons (Fsp3) is 0.167. The number of halogens is 1. The molecule has 0 bridgehead atoms. The zero-order valence-corrected chi connectivity index (χ0v) is 17.8. The number of nitrogens with zero attached hydrogens (tertiary/aromatic N) is 4. The van der Waals surface area contributed by atoms with Crippen molar-refractivity contribution >= 4 is 23.1 Å². The number of hydrogen-bond acceptors (Lipinski definition) is 5. The molecular weight excluding hydrogens is 407 g/mol. The average Bonchev–Trinajstić information content (AvgIpc) is 3.29. The maximum atomic E-state index is 14.6. The molecule has 0 amide bonds. The van der Waals surface area contributed by atoms with Crippen molar-refractivity contribution in [1.29, 1.82) is 0 Å². The number of nitrogens with one attached hydrogen (secondary N) is 2. The molecule has 0 radical (unpaired) electrons. The second-order valence-corrected chi connectivity index (χ2v) is 7.13. The summed E-state index contributed by atoms with van der Waals surface area (Å²) in [7, 11) is 1.67. The van der Waals surface area contributed by atoms with Gasteiger partial charge in [0.15, 0.2) is 5.84 Å². The fourth-order valence-electron chi connectivity index (χ4n) is 3.68. The summed E-state index contributed by atoms with van der Waals surface area (Å²) in [4.78, 5) is 26.7. The maximum absolute atomic E-state index is 14.6. The predicted molar refractivity (Wildman–Crippen MR) is 126 cm³/mol. The van der Waals surface area contributed by atoms with Gasteiger partial charge in [-0.25, -0.2) is 14.4 Å². The SMILES string of the molecule is C=C/C(N[C@@H](CC)c1nc2cccc(F)c2c(=O)n1-c1ccccc1)=C1/N=CN/C1=N/C. The van der Waals surface area contributed by atoms with E-state index in [0.717, 1.165) is 0 Å². The molecule has 2 heterocycles. The first-order valence-corrected chi connectivity index (χ1v) is 10.2. The predicted octanol–water partition coefficient (Wildman–Crippen LogP) is 3.62. The van der Waals surface area contributed by atoms with Crippen molar-refractivity contribution in [3.63, 3.8) is 0 Å². The largest absolute Gasteiger partial charge is 0.373 e. The molecule has 1 aromatic heterocycles. The van der Waals surface area contributed by atoms with E-state index < -0.39 is 11.4 Å². The van der Waals surface area contributed by atoms with Crippen molar-refractivity contribution in [2.75, 3.05) is 7.05 Å². The molecule has 0 unspecified atom stereocenters. The number of fused-ring (bicyclic) bond motifs is 1. The van der Waals surface area contributed by atoms with Gasteiger partial charge in [-0.05, 0) is 36.8 Å². The Balaban J connectivity index is 1.94.